The van der Waals surface area contributed by atoms with E-state index in [2.05, 4.69) is 111 Å². The van der Waals surface area contributed by atoms with Crippen LogP contribution in [0, 0.1) is 13.0 Å². The number of aryl methyl sites for hydroxylation is 1. The third kappa shape index (κ3) is 5.92. The first-order valence-corrected chi connectivity index (χ1v) is 14.2. The number of aromatic nitrogens is 4. The Bertz CT molecular complexity index is 1830. The molecule has 0 radical (unpaired) electrons. The minimum absolute atomic E-state index is 0. The molecule has 0 bridgehead atoms. The Morgan fingerprint density at radius 3 is 1.98 bits per heavy atom. The van der Waals surface area contributed by atoms with Crippen LogP contribution in [-0.4, -0.2) is 14.5 Å². The number of pyridine rings is 2. The van der Waals surface area contributed by atoms with Crippen LogP contribution in [0.15, 0.2) is 91.3 Å². The Morgan fingerprint density at radius 2 is 1.38 bits per heavy atom. The third-order valence-corrected chi connectivity index (χ3v) is 7.63. The first-order valence-electron chi connectivity index (χ1n) is 14.2. The van der Waals surface area contributed by atoms with E-state index in [1.807, 2.05) is 49.6 Å². The Hall–Kier alpha value is -3.75. The Kier molecular flexibility index (Phi) is 7.89. The van der Waals surface area contributed by atoms with Crippen molar-refractivity contribution in [2.24, 2.45) is 0 Å². The average molecular weight is 732 g/mol. The predicted molar refractivity (Wildman–Crippen MR) is 169 cm³/mol. The summed E-state index contributed by atoms with van der Waals surface area (Å²) >= 11 is 0. The summed E-state index contributed by atoms with van der Waals surface area (Å²) in [5.41, 5.74) is 10.5. The van der Waals surface area contributed by atoms with E-state index in [1.165, 1.54) is 16.7 Å². The van der Waals surface area contributed by atoms with E-state index in [-0.39, 0.29) is 31.9 Å². The number of rotatable bonds is 4. The van der Waals surface area contributed by atoms with Gasteiger partial charge in [0.25, 0.3) is 0 Å². The first kappa shape index (κ1) is 29.7. The number of fused-ring (bicyclic) bond motifs is 1. The predicted octanol–water partition coefficient (Wildman–Crippen LogP) is 9.08. The molecule has 6 rings (SSSR count). The largest absolute Gasteiger partial charge is 2.00 e. The normalized spacial score (nSPS) is 12.0. The zero-order valence-corrected chi connectivity index (χ0v) is 27.5. The maximum Gasteiger partial charge on any atom is 2.00 e. The average Bonchev–Trinajstić information content (AvgIpc) is 3.57. The van der Waals surface area contributed by atoms with Gasteiger partial charge in [0.2, 0.25) is 0 Å². The summed E-state index contributed by atoms with van der Waals surface area (Å²) < 4.78 is 2.05. The smallest absolute Gasteiger partial charge is 0.440 e. The fraction of sp³-hybridized carbons (Fsp3) is 0.243. The molecule has 0 spiro atoms. The molecular formula is C37H36N4Pt. The molecule has 0 unspecified atom stereocenters. The van der Waals surface area contributed by atoms with E-state index in [0.29, 0.717) is 0 Å². The monoisotopic (exact) mass is 731 g/mol. The molecule has 0 atom stereocenters. The summed E-state index contributed by atoms with van der Waals surface area (Å²) in [5.74, 6) is 0.878. The van der Waals surface area contributed by atoms with Gasteiger partial charge >= 0.3 is 21.1 Å². The Labute approximate surface area is 263 Å². The van der Waals surface area contributed by atoms with Crippen molar-refractivity contribution in [2.75, 3.05) is 0 Å². The van der Waals surface area contributed by atoms with Crippen LogP contribution in [0.1, 0.15) is 58.4 Å². The second-order valence-electron chi connectivity index (χ2n) is 13.0. The van der Waals surface area contributed by atoms with Gasteiger partial charge in [0.15, 0.2) is 0 Å². The van der Waals surface area contributed by atoms with Crippen LogP contribution < -0.4 is 4.98 Å². The fourth-order valence-electron chi connectivity index (χ4n) is 5.12. The maximum absolute atomic E-state index is 5.15. The van der Waals surface area contributed by atoms with Gasteiger partial charge in [0, 0.05) is 17.6 Å². The van der Waals surface area contributed by atoms with Gasteiger partial charge in [-0.3, -0.25) is 9.97 Å². The van der Waals surface area contributed by atoms with Gasteiger partial charge in [0.05, 0.1) is 5.65 Å². The van der Waals surface area contributed by atoms with Crippen LogP contribution in [0.2, 0.25) is 0 Å². The van der Waals surface area contributed by atoms with E-state index < -0.39 is 0 Å². The second-order valence-corrected chi connectivity index (χ2v) is 13.0. The van der Waals surface area contributed by atoms with Crippen LogP contribution in [0.3, 0.4) is 0 Å². The summed E-state index contributed by atoms with van der Waals surface area (Å²) in [6.45, 7) is 15.7. The molecule has 0 aliphatic carbocycles. The van der Waals surface area contributed by atoms with E-state index in [4.69, 9.17) is 4.98 Å². The molecule has 0 N–H and O–H groups in total. The molecule has 0 saturated carbocycles. The molecule has 0 aliphatic rings. The van der Waals surface area contributed by atoms with Gasteiger partial charge in [-0.25, -0.2) is 0 Å². The van der Waals surface area contributed by atoms with Gasteiger partial charge in [-0.15, -0.1) is 18.2 Å². The molecule has 2 aromatic carbocycles. The zero-order chi connectivity index (χ0) is 28.9. The van der Waals surface area contributed by atoms with E-state index in [1.54, 1.807) is 0 Å². The molecule has 42 heavy (non-hydrogen) atoms. The van der Waals surface area contributed by atoms with Crippen molar-refractivity contribution >= 4 is 11.0 Å². The van der Waals surface area contributed by atoms with Crippen LogP contribution in [0.25, 0.3) is 50.5 Å². The number of hydrogen-bond acceptors (Lipinski definition) is 2. The number of hydrogen-bond donors (Lipinski definition) is 0. The van der Waals surface area contributed by atoms with Crippen LogP contribution in [0.5, 0.6) is 0 Å². The molecule has 0 saturated heterocycles. The topological polar surface area (TPSA) is 44.8 Å². The molecule has 5 heteroatoms. The van der Waals surface area contributed by atoms with E-state index >= 15 is 0 Å². The zero-order valence-electron chi connectivity index (χ0n) is 25.3. The summed E-state index contributed by atoms with van der Waals surface area (Å²) in [4.78, 5) is 14.5. The number of benzene rings is 2. The molecule has 0 amide bonds. The molecule has 0 aliphatic heterocycles. The minimum atomic E-state index is 0. The van der Waals surface area contributed by atoms with Crippen molar-refractivity contribution in [3.05, 3.63) is 114 Å². The van der Waals surface area contributed by atoms with Crippen molar-refractivity contribution in [1.29, 1.82) is 0 Å². The van der Waals surface area contributed by atoms with Crippen molar-refractivity contribution in [1.82, 2.24) is 19.5 Å². The molecule has 4 nitrogen and oxygen atoms in total. The molecular weight excluding hydrogens is 696 g/mol. The molecule has 0 fully saturated rings. The molecule has 6 aromatic rings. The van der Waals surface area contributed by atoms with Gasteiger partial charge in [-0.05, 0) is 45.9 Å². The van der Waals surface area contributed by atoms with Gasteiger partial charge in [0.1, 0.15) is 0 Å². The maximum atomic E-state index is 5.15. The summed E-state index contributed by atoms with van der Waals surface area (Å²) in [5, 5.41) is 1.07. The quantitative estimate of drug-likeness (QED) is 0.170. The van der Waals surface area contributed by atoms with Crippen molar-refractivity contribution in [3.63, 3.8) is 0 Å². The Morgan fingerprint density at radius 1 is 0.714 bits per heavy atom. The van der Waals surface area contributed by atoms with Gasteiger partial charge in [-0.1, -0.05) is 137 Å². The number of nitrogens with zero attached hydrogens (tertiary/aromatic N) is 4. The Balaban J connectivity index is 0.00000353. The van der Waals surface area contributed by atoms with Crippen LogP contribution in [-0.2, 0) is 31.9 Å². The fourth-order valence-corrected chi connectivity index (χ4v) is 5.12. The van der Waals surface area contributed by atoms with Crippen LogP contribution in [0.4, 0.5) is 0 Å². The van der Waals surface area contributed by atoms with Crippen LogP contribution >= 0.6 is 0 Å². The van der Waals surface area contributed by atoms with Crippen molar-refractivity contribution < 1.29 is 21.1 Å². The SMILES string of the molecule is Cc1ccc(-n2ccc3ccc(-c4[c-]c(-c5ccccn5)cc(-c5cc(C(C)(C)C)cc(C(C)(C)C)c5)c4)nc32)[n-]1.[Pt+2]. The van der Waals surface area contributed by atoms with Crippen molar-refractivity contribution in [3.8, 4) is 39.5 Å². The molecule has 4 aromatic heterocycles. The minimum Gasteiger partial charge on any atom is -0.440 e. The summed E-state index contributed by atoms with van der Waals surface area (Å²) in [6.07, 6.45) is 3.87. The molecule has 214 valence electrons. The summed E-state index contributed by atoms with van der Waals surface area (Å²) in [6, 6.07) is 31.5. The standard InChI is InChI=1S/C37H36N4.Pt/c1-24-11-14-34(39-24)41-17-15-25-12-13-33(40-35(25)41)29-19-26(18-28(20-29)32-10-8-9-16-38-32)27-21-30(36(2,3)4)23-31(22-27)37(5,6)7;/h8-19,21-23H,1-7H3;/q-2;+2. The third-order valence-electron chi connectivity index (χ3n) is 7.63. The first-order chi connectivity index (χ1) is 19.5. The van der Waals surface area contributed by atoms with Gasteiger partial charge < -0.3 is 9.55 Å². The van der Waals surface area contributed by atoms with E-state index in [0.717, 1.165) is 50.6 Å². The summed E-state index contributed by atoms with van der Waals surface area (Å²) in [7, 11) is 0. The second kappa shape index (κ2) is 11.2. The van der Waals surface area contributed by atoms with Gasteiger partial charge in [-0.2, -0.15) is 0 Å². The van der Waals surface area contributed by atoms with E-state index in [9.17, 15) is 0 Å². The van der Waals surface area contributed by atoms with Crippen molar-refractivity contribution in [2.45, 2.75) is 59.3 Å². The molecule has 4 heterocycles.